The van der Waals surface area contributed by atoms with Crippen LogP contribution in [0.1, 0.15) is 122 Å². The third-order valence-corrected chi connectivity index (χ3v) is 18.2. The quantitative estimate of drug-likeness (QED) is 0.203. The molecule has 3 N–H and O–H groups in total. The number of rotatable bonds is 10. The van der Waals surface area contributed by atoms with Crippen LogP contribution in [-0.2, 0) is 41.6 Å². The number of likely N-dealkylation sites (tertiary alicyclic amines) is 1. The maximum Gasteiger partial charge on any atom is 0.307 e. The summed E-state index contributed by atoms with van der Waals surface area (Å²) < 4.78 is 21.4. The highest BCUT2D eigenvalue weighted by atomic mass is 16.5. The molecule has 7 fully saturated rings. The van der Waals surface area contributed by atoms with Crippen LogP contribution < -0.4 is 25.9 Å². The maximum absolute atomic E-state index is 15.0. The maximum atomic E-state index is 15.0. The minimum Gasteiger partial charge on any atom is -0.465 e. The summed E-state index contributed by atoms with van der Waals surface area (Å²) in [4.78, 5) is 59.2. The number of hydrogen-bond donors (Lipinski definition) is 3. The number of morpholine rings is 1. The molecule has 6 bridgehead atoms. The van der Waals surface area contributed by atoms with Crippen molar-refractivity contribution in [3.63, 3.8) is 0 Å². The van der Waals surface area contributed by atoms with E-state index in [4.69, 9.17) is 19.2 Å². The van der Waals surface area contributed by atoms with Gasteiger partial charge >= 0.3 is 5.97 Å². The van der Waals surface area contributed by atoms with Gasteiger partial charge in [0.05, 0.1) is 61.2 Å². The molecule has 7 atom stereocenters. The van der Waals surface area contributed by atoms with Crippen molar-refractivity contribution in [3.05, 3.63) is 41.7 Å². The number of amides is 2. The number of aryl methyl sites for hydroxylation is 1. The molecule has 2 aromatic heterocycles. The zero-order valence-electron chi connectivity index (χ0n) is 44.5. The summed E-state index contributed by atoms with van der Waals surface area (Å²) in [6, 6.07) is 9.16. The molecule has 2 saturated carbocycles. The van der Waals surface area contributed by atoms with E-state index < -0.39 is 11.5 Å². The molecule has 6 aliphatic heterocycles. The topological polar surface area (TPSA) is 149 Å². The zero-order valence-corrected chi connectivity index (χ0v) is 44.5. The van der Waals surface area contributed by atoms with Crippen molar-refractivity contribution < 1.29 is 28.6 Å². The van der Waals surface area contributed by atoms with Crippen LogP contribution in [0.2, 0.25) is 0 Å². The molecular formula is C57H84N10O6. The minimum absolute atomic E-state index is 0.0328. The lowest BCUT2D eigenvalue weighted by molar-refractivity contribution is -0.150. The van der Waals surface area contributed by atoms with Crippen LogP contribution >= 0.6 is 0 Å². The molecule has 3 aromatic rings. The molecule has 0 radical (unpaired) electrons. The molecule has 398 valence electrons. The summed E-state index contributed by atoms with van der Waals surface area (Å²) >= 11 is 0. The van der Waals surface area contributed by atoms with E-state index in [1.807, 2.05) is 6.20 Å². The van der Waals surface area contributed by atoms with Gasteiger partial charge in [-0.15, -0.1) is 0 Å². The van der Waals surface area contributed by atoms with Gasteiger partial charge in [-0.1, -0.05) is 26.7 Å². The lowest BCUT2D eigenvalue weighted by atomic mass is 9.84. The van der Waals surface area contributed by atoms with Gasteiger partial charge in [-0.05, 0) is 120 Å². The molecular weight excluding hydrogens is 921 g/mol. The molecule has 2 unspecified atom stereocenters. The Morgan fingerprint density at radius 1 is 0.932 bits per heavy atom. The number of nitrogens with zero attached hydrogens (tertiary/aromatic N) is 7. The van der Waals surface area contributed by atoms with Gasteiger partial charge in [0, 0.05) is 125 Å². The van der Waals surface area contributed by atoms with Gasteiger partial charge in [0.25, 0.3) is 5.91 Å². The number of fused-ring (bicyclic) bond motifs is 7. The first kappa shape index (κ1) is 50.8. The SMILES string of the molecule is CCn1c(-c2cc(N3CCN(C4CC4)CC3)cnc2[C@H](C)OC)c2c3cc(ccc31)N1CCO[C@@H](C[C@H](NC(=O)[C@H](C3CCCC3)N3CCC4NCCC4C3)C(=O)N3CCC[C@@H](CC(=O)OCC(C)(C)C2)N3)C1. The van der Waals surface area contributed by atoms with Crippen molar-refractivity contribution in [1.29, 1.82) is 0 Å². The fraction of sp³-hybridized carbons (Fsp3) is 0.719. The van der Waals surface area contributed by atoms with Crippen molar-refractivity contribution in [2.24, 2.45) is 17.3 Å². The summed E-state index contributed by atoms with van der Waals surface area (Å²) in [6.45, 7) is 18.9. The number of anilines is 2. The Morgan fingerprint density at radius 2 is 1.75 bits per heavy atom. The fourth-order valence-corrected chi connectivity index (χ4v) is 14.0. The number of methoxy groups -OCH3 is 1. The number of hydrogen-bond acceptors (Lipinski definition) is 13. The molecule has 1 aromatic carbocycles. The van der Waals surface area contributed by atoms with E-state index in [9.17, 15) is 4.79 Å². The Bertz CT molecular complexity index is 2460. The van der Waals surface area contributed by atoms with Crippen molar-refractivity contribution in [2.75, 3.05) is 95.6 Å². The summed E-state index contributed by atoms with van der Waals surface area (Å²) in [7, 11) is 1.76. The number of hydrazine groups is 1. The van der Waals surface area contributed by atoms with Gasteiger partial charge in [-0.25, -0.2) is 5.43 Å². The van der Waals surface area contributed by atoms with Gasteiger partial charge in [0.1, 0.15) is 6.04 Å². The van der Waals surface area contributed by atoms with Crippen LogP contribution in [-0.4, -0.2) is 164 Å². The van der Waals surface area contributed by atoms with Crippen LogP contribution in [0.15, 0.2) is 30.5 Å². The predicted molar refractivity (Wildman–Crippen MR) is 284 cm³/mol. The third kappa shape index (κ3) is 10.9. The molecule has 8 heterocycles. The van der Waals surface area contributed by atoms with Gasteiger partial charge in [-0.2, -0.15) is 0 Å². The van der Waals surface area contributed by atoms with Crippen molar-refractivity contribution in [2.45, 2.75) is 160 Å². The van der Waals surface area contributed by atoms with Gasteiger partial charge in [0.15, 0.2) is 0 Å². The zero-order chi connectivity index (χ0) is 50.4. The second-order valence-electron chi connectivity index (χ2n) is 23.8. The highest BCUT2D eigenvalue weighted by Gasteiger charge is 2.44. The van der Waals surface area contributed by atoms with Crippen LogP contribution in [0.25, 0.3) is 22.2 Å². The molecule has 11 rings (SSSR count). The number of pyridine rings is 1. The first-order chi connectivity index (χ1) is 35.4. The monoisotopic (exact) mass is 1000 g/mol. The number of aromatic nitrogens is 2. The smallest absolute Gasteiger partial charge is 0.307 e. The number of benzene rings is 1. The number of esters is 1. The first-order valence-electron chi connectivity index (χ1n) is 28.5. The Morgan fingerprint density at radius 3 is 2.53 bits per heavy atom. The first-order valence-corrected chi connectivity index (χ1v) is 28.5. The standard InChI is InChI=1S/C57H84N10O6/c1-6-66-50-16-15-42-29-45(50)47(54(66)46-30-43(33-59-52(46)37(2)71-5)63-24-22-62(23-25-63)41-13-14-41)32-57(3,4)36-73-51(68)28-40-12-9-20-67(61-40)56(70)49(31-44-35-64(42)26-27-72-44)60-55(69)53(38-10-7-8-11-38)65-21-18-48-39(34-65)17-19-58-48/h15-16,29-30,33,37-41,44,48-49,53,58,61H,6-14,17-28,31-32,34-36H2,1-5H3,(H,60,69)/t37-,39?,40-,44-,48?,49-,53-/m0/s1. The number of carbonyl (C=O) groups excluding carboxylic acids is 3. The Balaban J connectivity index is 0.946. The summed E-state index contributed by atoms with van der Waals surface area (Å²) in [5, 5.41) is 9.95. The van der Waals surface area contributed by atoms with Gasteiger partial charge < -0.3 is 39.2 Å². The van der Waals surface area contributed by atoms with Crippen molar-refractivity contribution in [1.82, 2.24) is 40.4 Å². The van der Waals surface area contributed by atoms with Crippen LogP contribution in [0.3, 0.4) is 0 Å². The van der Waals surface area contributed by atoms with Gasteiger partial charge in [0.2, 0.25) is 5.91 Å². The third-order valence-electron chi connectivity index (χ3n) is 18.2. The highest BCUT2D eigenvalue weighted by molar-refractivity contribution is 5.95. The van der Waals surface area contributed by atoms with E-state index in [1.165, 1.54) is 18.4 Å². The number of piperidine rings is 1. The molecule has 2 amide bonds. The number of carbonyl (C=O) groups is 3. The predicted octanol–water partition coefficient (Wildman–Crippen LogP) is 6.05. The minimum atomic E-state index is -0.807. The normalized spacial score (nSPS) is 28.9. The number of nitrogens with one attached hydrogen (secondary N) is 3. The second-order valence-corrected chi connectivity index (χ2v) is 23.8. The summed E-state index contributed by atoms with van der Waals surface area (Å²) in [6.07, 6.45) is 13.3. The van der Waals surface area contributed by atoms with Crippen molar-refractivity contribution in [3.8, 4) is 11.3 Å². The molecule has 0 spiro atoms. The van der Waals surface area contributed by atoms with E-state index >= 15 is 9.59 Å². The van der Waals surface area contributed by atoms with E-state index in [-0.39, 0.29) is 61.0 Å². The number of cyclic esters (lactones) is 1. The van der Waals surface area contributed by atoms with Gasteiger partial charge in [-0.3, -0.25) is 34.2 Å². The second kappa shape index (κ2) is 21.7. The van der Waals surface area contributed by atoms with Crippen molar-refractivity contribution >= 4 is 40.1 Å². The summed E-state index contributed by atoms with van der Waals surface area (Å²) in [5.74, 6) is 0.328. The molecule has 73 heavy (non-hydrogen) atoms. The lowest BCUT2D eigenvalue weighted by Crippen LogP contribution is -2.62. The van der Waals surface area contributed by atoms with Crippen LogP contribution in [0.5, 0.6) is 0 Å². The van der Waals surface area contributed by atoms with E-state index in [0.717, 1.165) is 149 Å². The Labute approximate surface area is 433 Å². The molecule has 16 nitrogen and oxygen atoms in total. The molecule has 16 heteroatoms. The molecule has 8 aliphatic rings. The number of ether oxygens (including phenoxy) is 3. The Hall–Kier alpha value is -4.32. The summed E-state index contributed by atoms with van der Waals surface area (Å²) in [5.41, 5.74) is 10.7. The highest BCUT2D eigenvalue weighted by Crippen LogP contribution is 2.44. The fourth-order valence-electron chi connectivity index (χ4n) is 14.0. The molecule has 5 saturated heterocycles. The van der Waals surface area contributed by atoms with E-state index in [2.05, 4.69) is 92.2 Å². The molecule has 2 aliphatic carbocycles. The van der Waals surface area contributed by atoms with Crippen LogP contribution in [0, 0.1) is 17.3 Å². The average Bonchev–Trinajstić information content (AvgIpc) is 3.76. The average molecular weight is 1010 g/mol. The van der Waals surface area contributed by atoms with E-state index in [1.54, 1.807) is 12.1 Å². The number of piperazine rings is 1. The van der Waals surface area contributed by atoms with Crippen LogP contribution in [0.4, 0.5) is 11.4 Å². The van der Waals surface area contributed by atoms with E-state index in [0.29, 0.717) is 51.0 Å². The Kier molecular flexibility index (Phi) is 15.1. The lowest BCUT2D eigenvalue weighted by Gasteiger charge is -2.42. The largest absolute Gasteiger partial charge is 0.465 e.